The van der Waals surface area contributed by atoms with Crippen LogP contribution in [0.15, 0.2) is 29.2 Å². The van der Waals surface area contributed by atoms with Gasteiger partial charge in [-0.3, -0.25) is 4.79 Å². The molecule has 20 heavy (non-hydrogen) atoms. The summed E-state index contributed by atoms with van der Waals surface area (Å²) >= 11 is 0. The second-order valence-electron chi connectivity index (χ2n) is 4.92. The Hall–Kier alpha value is -1.15. The number of sulfonamides is 1. The Morgan fingerprint density at radius 3 is 2.15 bits per heavy atom. The summed E-state index contributed by atoms with van der Waals surface area (Å²) in [7, 11) is -3.66. The van der Waals surface area contributed by atoms with E-state index >= 15 is 0 Å². The number of rotatable bonds is 5. The molecule has 0 unspecified atom stereocenters. The van der Waals surface area contributed by atoms with E-state index in [-0.39, 0.29) is 23.2 Å². The van der Waals surface area contributed by atoms with Crippen molar-refractivity contribution in [1.29, 1.82) is 0 Å². The lowest BCUT2D eigenvalue weighted by molar-refractivity contribution is -0.125. The summed E-state index contributed by atoms with van der Waals surface area (Å²) in [5, 5.41) is 7.70. The number of hydrogen-bond acceptors (Lipinski definition) is 4. The third kappa shape index (κ3) is 5.87. The Morgan fingerprint density at radius 2 is 1.75 bits per heavy atom. The van der Waals surface area contributed by atoms with Crippen molar-refractivity contribution >= 4 is 28.3 Å². The number of carbonyl (C=O) groups excluding carboxylic acids is 1. The van der Waals surface area contributed by atoms with Crippen LogP contribution in [0.3, 0.4) is 0 Å². The maximum absolute atomic E-state index is 11.5. The number of nitrogens with two attached hydrogens (primary N) is 2. The maximum Gasteiger partial charge on any atom is 0.239 e. The van der Waals surface area contributed by atoms with Gasteiger partial charge in [0.15, 0.2) is 0 Å². The highest BCUT2D eigenvalue weighted by molar-refractivity contribution is 7.89. The molecular formula is C12H20ClN3O3S. The van der Waals surface area contributed by atoms with E-state index in [0.717, 1.165) is 5.56 Å². The molecule has 0 heterocycles. The molecule has 0 saturated heterocycles. The third-order valence-electron chi connectivity index (χ3n) is 2.54. The minimum atomic E-state index is -3.66. The number of amides is 1. The molecule has 114 valence electrons. The molecule has 6 nitrogen and oxygen atoms in total. The summed E-state index contributed by atoms with van der Waals surface area (Å²) < 4.78 is 22.1. The van der Waals surface area contributed by atoms with Gasteiger partial charge in [-0.25, -0.2) is 13.6 Å². The Morgan fingerprint density at radius 1 is 1.25 bits per heavy atom. The fraction of sp³-hybridized carbons (Fsp3) is 0.417. The second kappa shape index (κ2) is 7.03. The Bertz CT molecular complexity index is 550. The van der Waals surface area contributed by atoms with Crippen LogP contribution in [0.2, 0.25) is 0 Å². The van der Waals surface area contributed by atoms with Crippen LogP contribution in [0.25, 0.3) is 0 Å². The summed E-state index contributed by atoms with van der Waals surface area (Å²) in [6.07, 6.45) is 0.590. The number of halogens is 1. The van der Waals surface area contributed by atoms with Gasteiger partial charge in [-0.1, -0.05) is 12.1 Å². The normalized spacial score (nSPS) is 11.6. The van der Waals surface area contributed by atoms with Crippen molar-refractivity contribution in [3.05, 3.63) is 29.8 Å². The summed E-state index contributed by atoms with van der Waals surface area (Å²) in [4.78, 5) is 11.6. The SMILES string of the molecule is CC(C)(N)C(=O)NCCc1ccc(S(N)(=O)=O)cc1.Cl. The molecule has 1 aromatic carbocycles. The standard InChI is InChI=1S/C12H19N3O3S.ClH/c1-12(2,13)11(16)15-8-7-9-3-5-10(6-4-9)19(14,17)18;/h3-6H,7-8,13H2,1-2H3,(H,15,16)(H2,14,17,18);1H. The zero-order valence-electron chi connectivity index (χ0n) is 11.4. The maximum atomic E-state index is 11.5. The molecule has 0 aromatic heterocycles. The van der Waals surface area contributed by atoms with E-state index in [1.807, 2.05) is 0 Å². The monoisotopic (exact) mass is 321 g/mol. The van der Waals surface area contributed by atoms with Gasteiger partial charge in [0.05, 0.1) is 10.4 Å². The van der Waals surface area contributed by atoms with Crippen molar-refractivity contribution in [3.8, 4) is 0 Å². The first-order chi connectivity index (χ1) is 8.60. The Balaban J connectivity index is 0.00000361. The lowest BCUT2D eigenvalue weighted by atomic mass is 10.1. The van der Waals surface area contributed by atoms with Crippen molar-refractivity contribution in [2.75, 3.05) is 6.54 Å². The molecule has 0 saturated carbocycles. The lowest BCUT2D eigenvalue weighted by Gasteiger charge is -2.17. The smallest absolute Gasteiger partial charge is 0.239 e. The topological polar surface area (TPSA) is 115 Å². The number of primary sulfonamides is 1. The minimum absolute atomic E-state index is 0. The summed E-state index contributed by atoms with van der Waals surface area (Å²) in [5.41, 5.74) is 5.63. The lowest BCUT2D eigenvalue weighted by Crippen LogP contribution is -2.49. The number of nitrogens with one attached hydrogen (secondary N) is 1. The van der Waals surface area contributed by atoms with Crippen LogP contribution in [-0.4, -0.2) is 26.4 Å². The Kier molecular flexibility index (Phi) is 6.63. The van der Waals surface area contributed by atoms with E-state index in [0.29, 0.717) is 13.0 Å². The zero-order valence-corrected chi connectivity index (χ0v) is 13.1. The number of carbonyl (C=O) groups is 1. The number of hydrogen-bond donors (Lipinski definition) is 3. The van der Waals surface area contributed by atoms with E-state index in [4.69, 9.17) is 10.9 Å². The van der Waals surface area contributed by atoms with Gasteiger partial charge in [0.2, 0.25) is 15.9 Å². The molecule has 0 aliphatic rings. The highest BCUT2D eigenvalue weighted by Crippen LogP contribution is 2.09. The van der Waals surface area contributed by atoms with Crippen molar-refractivity contribution in [2.24, 2.45) is 10.9 Å². The minimum Gasteiger partial charge on any atom is -0.354 e. The van der Waals surface area contributed by atoms with Gasteiger partial charge < -0.3 is 11.1 Å². The molecule has 1 aromatic rings. The van der Waals surface area contributed by atoms with Gasteiger partial charge in [-0.2, -0.15) is 0 Å². The fourth-order valence-corrected chi connectivity index (χ4v) is 1.91. The van der Waals surface area contributed by atoms with Crippen molar-refractivity contribution in [1.82, 2.24) is 5.32 Å². The molecule has 0 atom stereocenters. The average Bonchev–Trinajstić information content (AvgIpc) is 2.27. The average molecular weight is 322 g/mol. The second-order valence-corrected chi connectivity index (χ2v) is 6.48. The van der Waals surface area contributed by atoms with Gasteiger partial charge in [0.1, 0.15) is 0 Å². The molecule has 0 fully saturated rings. The van der Waals surface area contributed by atoms with Gasteiger partial charge >= 0.3 is 0 Å². The molecule has 1 rings (SSSR count). The summed E-state index contributed by atoms with van der Waals surface area (Å²) in [6.45, 7) is 3.70. The van der Waals surface area contributed by atoms with Crippen LogP contribution in [0.4, 0.5) is 0 Å². The molecule has 8 heteroatoms. The summed E-state index contributed by atoms with van der Waals surface area (Å²) in [6, 6.07) is 6.22. The first kappa shape index (κ1) is 18.9. The molecular weight excluding hydrogens is 302 g/mol. The molecule has 0 aliphatic heterocycles. The van der Waals surface area contributed by atoms with Crippen LogP contribution in [0.1, 0.15) is 19.4 Å². The predicted molar refractivity (Wildman–Crippen MR) is 80.0 cm³/mol. The Labute approximate surface area is 125 Å². The van der Waals surface area contributed by atoms with Crippen LogP contribution in [0.5, 0.6) is 0 Å². The van der Waals surface area contributed by atoms with E-state index < -0.39 is 15.6 Å². The van der Waals surface area contributed by atoms with Gasteiger partial charge in [-0.15, -0.1) is 12.4 Å². The third-order valence-corrected chi connectivity index (χ3v) is 3.47. The molecule has 0 spiro atoms. The van der Waals surface area contributed by atoms with E-state index in [1.54, 1.807) is 26.0 Å². The van der Waals surface area contributed by atoms with Crippen LogP contribution in [-0.2, 0) is 21.2 Å². The summed E-state index contributed by atoms with van der Waals surface area (Å²) in [5.74, 6) is -0.228. The molecule has 1 amide bonds. The predicted octanol–water partition coefficient (Wildman–Crippen LogP) is 0.152. The quantitative estimate of drug-likeness (QED) is 0.716. The van der Waals surface area contributed by atoms with Crippen LogP contribution < -0.4 is 16.2 Å². The van der Waals surface area contributed by atoms with Crippen LogP contribution in [0, 0.1) is 0 Å². The van der Waals surface area contributed by atoms with Gasteiger partial charge in [0.25, 0.3) is 0 Å². The molecule has 0 radical (unpaired) electrons. The highest BCUT2D eigenvalue weighted by Gasteiger charge is 2.20. The molecule has 5 N–H and O–H groups in total. The zero-order chi connectivity index (χ0) is 14.7. The molecule has 0 aliphatic carbocycles. The largest absolute Gasteiger partial charge is 0.354 e. The van der Waals surface area contributed by atoms with Gasteiger partial charge in [-0.05, 0) is 38.0 Å². The number of benzene rings is 1. The molecule has 0 bridgehead atoms. The first-order valence-electron chi connectivity index (χ1n) is 5.79. The van der Waals surface area contributed by atoms with E-state index in [1.165, 1.54) is 12.1 Å². The van der Waals surface area contributed by atoms with Crippen LogP contribution >= 0.6 is 12.4 Å². The highest BCUT2D eigenvalue weighted by atomic mass is 35.5. The van der Waals surface area contributed by atoms with E-state index in [9.17, 15) is 13.2 Å². The van der Waals surface area contributed by atoms with Crippen molar-refractivity contribution < 1.29 is 13.2 Å². The fourth-order valence-electron chi connectivity index (χ4n) is 1.39. The van der Waals surface area contributed by atoms with Gasteiger partial charge in [0, 0.05) is 6.54 Å². The van der Waals surface area contributed by atoms with E-state index in [2.05, 4.69) is 5.32 Å². The first-order valence-corrected chi connectivity index (χ1v) is 7.34. The van der Waals surface area contributed by atoms with Crippen molar-refractivity contribution in [3.63, 3.8) is 0 Å². The van der Waals surface area contributed by atoms with Crippen molar-refractivity contribution in [2.45, 2.75) is 30.7 Å².